The summed E-state index contributed by atoms with van der Waals surface area (Å²) in [6.45, 7) is 10.2. The highest BCUT2D eigenvalue weighted by molar-refractivity contribution is 7.80. The van der Waals surface area contributed by atoms with E-state index >= 15 is 0 Å². The van der Waals surface area contributed by atoms with E-state index in [1.165, 1.54) is 30.6 Å². The molecule has 0 amide bonds. The van der Waals surface area contributed by atoms with Gasteiger partial charge in [0.15, 0.2) is 0 Å². The van der Waals surface area contributed by atoms with Gasteiger partial charge >= 0.3 is 0 Å². The topological polar surface area (TPSA) is 29.3 Å². The largest absolute Gasteiger partial charge is 0.389 e. The van der Waals surface area contributed by atoms with Gasteiger partial charge in [0.05, 0.1) is 0 Å². The molecule has 1 saturated heterocycles. The molecule has 0 aromatic heterocycles. The van der Waals surface area contributed by atoms with Crippen molar-refractivity contribution in [1.82, 2.24) is 4.90 Å². The molecule has 2 rings (SSSR count). The summed E-state index contributed by atoms with van der Waals surface area (Å²) < 4.78 is 0. The maximum Gasteiger partial charge on any atom is 0.103 e. The molecular formula is C15H22N2S. The van der Waals surface area contributed by atoms with Crippen molar-refractivity contribution in [3.05, 3.63) is 34.9 Å². The molecule has 1 aliphatic heterocycles. The zero-order valence-corrected chi connectivity index (χ0v) is 12.3. The lowest BCUT2D eigenvalue weighted by atomic mass is 9.93. The zero-order valence-electron chi connectivity index (χ0n) is 11.5. The summed E-state index contributed by atoms with van der Waals surface area (Å²) in [5.74, 6) is 0. The van der Waals surface area contributed by atoms with E-state index in [0.29, 0.717) is 10.4 Å². The summed E-state index contributed by atoms with van der Waals surface area (Å²) >= 11 is 5.01. The van der Waals surface area contributed by atoms with Crippen LogP contribution >= 0.6 is 12.2 Å². The Morgan fingerprint density at radius 2 is 2.17 bits per heavy atom. The Kier molecular flexibility index (Phi) is 3.74. The van der Waals surface area contributed by atoms with Crippen molar-refractivity contribution in [3.8, 4) is 0 Å². The van der Waals surface area contributed by atoms with E-state index in [1.54, 1.807) is 0 Å². The van der Waals surface area contributed by atoms with E-state index in [-0.39, 0.29) is 0 Å². The fourth-order valence-corrected chi connectivity index (χ4v) is 2.75. The van der Waals surface area contributed by atoms with Crippen LogP contribution in [0.3, 0.4) is 0 Å². The van der Waals surface area contributed by atoms with E-state index < -0.39 is 0 Å². The average molecular weight is 262 g/mol. The third kappa shape index (κ3) is 3.09. The van der Waals surface area contributed by atoms with Crippen LogP contribution in [0.25, 0.3) is 0 Å². The van der Waals surface area contributed by atoms with Crippen molar-refractivity contribution in [2.75, 3.05) is 13.1 Å². The van der Waals surface area contributed by atoms with Crippen molar-refractivity contribution >= 4 is 17.2 Å². The molecule has 18 heavy (non-hydrogen) atoms. The van der Waals surface area contributed by atoms with Crippen LogP contribution < -0.4 is 5.73 Å². The van der Waals surface area contributed by atoms with Crippen LogP contribution in [0, 0.1) is 12.3 Å². The third-order valence-electron chi connectivity index (χ3n) is 3.78. The molecule has 0 spiro atoms. The monoisotopic (exact) mass is 262 g/mol. The molecule has 0 aliphatic carbocycles. The van der Waals surface area contributed by atoms with Crippen molar-refractivity contribution in [3.63, 3.8) is 0 Å². The molecule has 0 radical (unpaired) electrons. The highest BCUT2D eigenvalue weighted by atomic mass is 32.1. The van der Waals surface area contributed by atoms with Gasteiger partial charge in [-0.25, -0.2) is 0 Å². The molecule has 0 bridgehead atoms. The van der Waals surface area contributed by atoms with Gasteiger partial charge in [0.1, 0.15) is 4.99 Å². The van der Waals surface area contributed by atoms with Crippen molar-refractivity contribution in [1.29, 1.82) is 0 Å². The number of hydrogen-bond acceptors (Lipinski definition) is 2. The highest BCUT2D eigenvalue weighted by Gasteiger charge is 2.29. The number of nitrogens with two attached hydrogens (primary N) is 1. The Bertz CT molecular complexity index is 466. The molecule has 1 heterocycles. The number of benzene rings is 1. The fraction of sp³-hybridized carbons (Fsp3) is 0.533. The third-order valence-corrected chi connectivity index (χ3v) is 4.01. The fourth-order valence-electron chi connectivity index (χ4n) is 2.63. The van der Waals surface area contributed by atoms with E-state index in [1.807, 2.05) is 6.07 Å². The number of hydrogen-bond donors (Lipinski definition) is 1. The lowest BCUT2D eigenvalue weighted by molar-refractivity contribution is 0.284. The first-order chi connectivity index (χ1) is 8.37. The first-order valence-corrected chi connectivity index (χ1v) is 6.90. The van der Waals surface area contributed by atoms with Crippen LogP contribution in [0.4, 0.5) is 0 Å². The molecule has 2 nitrogen and oxygen atoms in total. The number of rotatable bonds is 3. The Balaban J connectivity index is 2.09. The first kappa shape index (κ1) is 13.5. The minimum atomic E-state index is 0.465. The summed E-state index contributed by atoms with van der Waals surface area (Å²) in [5.41, 5.74) is 9.75. The summed E-state index contributed by atoms with van der Waals surface area (Å²) in [6.07, 6.45) is 1.29. The van der Waals surface area contributed by atoms with Crippen LogP contribution in [0.15, 0.2) is 18.2 Å². The van der Waals surface area contributed by atoms with Crippen molar-refractivity contribution < 1.29 is 0 Å². The summed E-state index contributed by atoms with van der Waals surface area (Å²) in [7, 11) is 0. The van der Waals surface area contributed by atoms with Crippen LogP contribution in [0.5, 0.6) is 0 Å². The molecule has 1 aromatic rings. The van der Waals surface area contributed by atoms with Gasteiger partial charge in [0.2, 0.25) is 0 Å². The Hall–Kier alpha value is -0.930. The SMILES string of the molecule is Cc1cc(C(N)=S)ccc1CN1CCC(C)(C)C1. The molecule has 1 fully saturated rings. The molecule has 0 atom stereocenters. The predicted molar refractivity (Wildman–Crippen MR) is 80.7 cm³/mol. The smallest absolute Gasteiger partial charge is 0.103 e. The quantitative estimate of drug-likeness (QED) is 0.849. The van der Waals surface area contributed by atoms with Crippen LogP contribution in [-0.2, 0) is 6.54 Å². The van der Waals surface area contributed by atoms with Gasteiger partial charge in [0.25, 0.3) is 0 Å². The van der Waals surface area contributed by atoms with Gasteiger partial charge in [-0.3, -0.25) is 4.90 Å². The second-order valence-electron chi connectivity index (χ2n) is 6.13. The van der Waals surface area contributed by atoms with E-state index in [9.17, 15) is 0 Å². The van der Waals surface area contributed by atoms with Gasteiger partial charge < -0.3 is 5.73 Å². The van der Waals surface area contributed by atoms with E-state index in [4.69, 9.17) is 18.0 Å². The Labute approximate surface area is 115 Å². The molecule has 3 heteroatoms. The zero-order chi connectivity index (χ0) is 13.3. The highest BCUT2D eigenvalue weighted by Crippen LogP contribution is 2.30. The number of thiocarbonyl (C=S) groups is 1. The lowest BCUT2D eigenvalue weighted by Crippen LogP contribution is -2.23. The molecule has 0 unspecified atom stereocenters. The van der Waals surface area contributed by atoms with E-state index in [2.05, 4.69) is 37.8 Å². The summed E-state index contributed by atoms with van der Waals surface area (Å²) in [6, 6.07) is 6.29. The van der Waals surface area contributed by atoms with Gasteiger partial charge in [-0.2, -0.15) is 0 Å². The van der Waals surface area contributed by atoms with Gasteiger partial charge in [-0.1, -0.05) is 38.2 Å². The average Bonchev–Trinajstić information content (AvgIpc) is 2.61. The minimum absolute atomic E-state index is 0.465. The standard InChI is InChI=1S/C15H22N2S/c1-11-8-12(14(16)18)4-5-13(11)9-17-7-6-15(2,3)10-17/h4-5,8H,6-7,9-10H2,1-3H3,(H2,16,18). The van der Waals surface area contributed by atoms with Crippen molar-refractivity contribution in [2.24, 2.45) is 11.1 Å². The van der Waals surface area contributed by atoms with Crippen LogP contribution in [-0.4, -0.2) is 23.0 Å². The van der Waals surface area contributed by atoms with Crippen LogP contribution in [0.2, 0.25) is 0 Å². The molecule has 98 valence electrons. The second kappa shape index (κ2) is 4.98. The van der Waals surface area contributed by atoms with Gasteiger partial charge in [-0.05, 0) is 42.5 Å². The Morgan fingerprint density at radius 1 is 1.44 bits per heavy atom. The Morgan fingerprint density at radius 3 is 2.67 bits per heavy atom. The molecule has 0 saturated carbocycles. The number of likely N-dealkylation sites (tertiary alicyclic amines) is 1. The van der Waals surface area contributed by atoms with Crippen LogP contribution in [0.1, 0.15) is 37.0 Å². The first-order valence-electron chi connectivity index (χ1n) is 6.49. The lowest BCUT2D eigenvalue weighted by Gasteiger charge is -2.20. The van der Waals surface area contributed by atoms with E-state index in [0.717, 1.165) is 12.1 Å². The van der Waals surface area contributed by atoms with Gasteiger partial charge in [0, 0.05) is 18.7 Å². The number of aryl methyl sites for hydroxylation is 1. The number of nitrogens with zero attached hydrogens (tertiary/aromatic N) is 1. The summed E-state index contributed by atoms with van der Waals surface area (Å²) in [4.78, 5) is 3.01. The maximum atomic E-state index is 5.65. The van der Waals surface area contributed by atoms with Gasteiger partial charge in [-0.15, -0.1) is 0 Å². The summed E-state index contributed by atoms with van der Waals surface area (Å²) in [5, 5.41) is 0. The molecule has 2 N–H and O–H groups in total. The molecule has 1 aliphatic rings. The predicted octanol–water partition coefficient (Wildman–Crippen LogP) is 2.86. The maximum absolute atomic E-state index is 5.65. The molecule has 1 aromatic carbocycles. The minimum Gasteiger partial charge on any atom is -0.389 e. The second-order valence-corrected chi connectivity index (χ2v) is 6.57. The molecular weight excluding hydrogens is 240 g/mol. The van der Waals surface area contributed by atoms with Crippen molar-refractivity contribution in [2.45, 2.75) is 33.7 Å². The normalized spacial score (nSPS) is 19.1.